The van der Waals surface area contributed by atoms with Crippen molar-refractivity contribution in [2.45, 2.75) is 96.4 Å². The number of amides is 1. The number of ether oxygens (including phenoxy) is 1. The zero-order valence-electron chi connectivity index (χ0n) is 15.8. The van der Waals surface area contributed by atoms with Crippen molar-refractivity contribution in [2.24, 2.45) is 0 Å². The predicted molar refractivity (Wildman–Crippen MR) is 97.3 cm³/mol. The van der Waals surface area contributed by atoms with E-state index < -0.39 is 18.0 Å². The van der Waals surface area contributed by atoms with Crippen LogP contribution in [0.4, 0.5) is 0 Å². The van der Waals surface area contributed by atoms with Crippen molar-refractivity contribution >= 4 is 17.8 Å². The number of aliphatic carboxylic acids is 1. The van der Waals surface area contributed by atoms with E-state index in [1.54, 1.807) is 0 Å². The van der Waals surface area contributed by atoms with Crippen LogP contribution in [0.2, 0.25) is 0 Å². The van der Waals surface area contributed by atoms with E-state index in [9.17, 15) is 14.4 Å². The lowest BCUT2D eigenvalue weighted by molar-refractivity contribution is -0.146. The number of esters is 1. The third kappa shape index (κ3) is 14.5. The molecule has 0 heterocycles. The van der Waals surface area contributed by atoms with E-state index >= 15 is 0 Å². The maximum absolute atomic E-state index is 11.9. The number of rotatable bonds is 16. The number of hydrogen-bond acceptors (Lipinski definition) is 4. The topological polar surface area (TPSA) is 92.7 Å². The van der Waals surface area contributed by atoms with Gasteiger partial charge in [0.1, 0.15) is 6.04 Å². The molecule has 0 aromatic rings. The van der Waals surface area contributed by atoms with Gasteiger partial charge >= 0.3 is 11.9 Å². The second kappa shape index (κ2) is 15.9. The summed E-state index contributed by atoms with van der Waals surface area (Å²) in [5, 5.41) is 11.3. The Labute approximate surface area is 151 Å². The molecule has 6 heteroatoms. The van der Waals surface area contributed by atoms with Gasteiger partial charge < -0.3 is 15.2 Å². The molecule has 2 N–H and O–H groups in total. The van der Waals surface area contributed by atoms with Crippen LogP contribution in [0, 0.1) is 0 Å². The summed E-state index contributed by atoms with van der Waals surface area (Å²) < 4.78 is 4.60. The molecule has 0 aliphatic heterocycles. The van der Waals surface area contributed by atoms with E-state index in [-0.39, 0.29) is 18.7 Å². The zero-order valence-corrected chi connectivity index (χ0v) is 15.8. The highest BCUT2D eigenvalue weighted by Gasteiger charge is 2.22. The molecule has 0 fully saturated rings. The molecule has 0 unspecified atom stereocenters. The van der Waals surface area contributed by atoms with Gasteiger partial charge in [-0.3, -0.25) is 9.59 Å². The first-order chi connectivity index (χ1) is 12.0. The van der Waals surface area contributed by atoms with E-state index in [4.69, 9.17) is 5.11 Å². The quantitative estimate of drug-likeness (QED) is 0.323. The molecule has 0 bridgehead atoms. The largest absolute Gasteiger partial charge is 0.481 e. The summed E-state index contributed by atoms with van der Waals surface area (Å²) in [5.41, 5.74) is 0. The Morgan fingerprint density at radius 3 is 1.88 bits per heavy atom. The monoisotopic (exact) mass is 357 g/mol. The van der Waals surface area contributed by atoms with Crippen molar-refractivity contribution in [3.8, 4) is 0 Å². The van der Waals surface area contributed by atoms with Gasteiger partial charge in [-0.2, -0.15) is 0 Å². The molecule has 0 aliphatic rings. The Morgan fingerprint density at radius 2 is 1.40 bits per heavy atom. The van der Waals surface area contributed by atoms with Crippen molar-refractivity contribution in [1.82, 2.24) is 5.32 Å². The first-order valence-corrected chi connectivity index (χ1v) is 9.60. The van der Waals surface area contributed by atoms with Crippen LogP contribution in [0.15, 0.2) is 0 Å². The van der Waals surface area contributed by atoms with Gasteiger partial charge in [-0.25, -0.2) is 4.79 Å². The van der Waals surface area contributed by atoms with Crippen LogP contribution >= 0.6 is 0 Å². The third-order valence-corrected chi connectivity index (χ3v) is 4.23. The molecular formula is C19H35NO5. The van der Waals surface area contributed by atoms with E-state index in [1.165, 1.54) is 52.1 Å². The van der Waals surface area contributed by atoms with Crippen molar-refractivity contribution in [2.75, 3.05) is 7.11 Å². The summed E-state index contributed by atoms with van der Waals surface area (Å²) in [7, 11) is 1.23. The lowest BCUT2D eigenvalue weighted by atomic mass is 10.1. The van der Waals surface area contributed by atoms with Crippen LogP contribution in [0.3, 0.4) is 0 Å². The highest BCUT2D eigenvalue weighted by Crippen LogP contribution is 2.11. The maximum atomic E-state index is 11.9. The fraction of sp³-hybridized carbons (Fsp3) is 0.842. The minimum absolute atomic E-state index is 0.0474. The molecule has 0 aromatic carbocycles. The molecule has 0 aliphatic carbocycles. The molecule has 0 saturated heterocycles. The lowest BCUT2D eigenvalue weighted by Crippen LogP contribution is -2.41. The first-order valence-electron chi connectivity index (χ1n) is 9.60. The average Bonchev–Trinajstić information content (AvgIpc) is 2.59. The number of methoxy groups -OCH3 is 1. The minimum atomic E-state index is -1.00. The second-order valence-electron chi connectivity index (χ2n) is 6.51. The fourth-order valence-electron chi connectivity index (χ4n) is 2.70. The standard InChI is InChI=1S/C19H35NO5/c1-3-4-5-6-7-8-9-10-11-12-13-17(21)20-16(19(24)25-2)14-15-18(22)23/h16H,3-15H2,1-2H3,(H,20,21)(H,22,23)/t16-/m0/s1. The minimum Gasteiger partial charge on any atom is -0.481 e. The molecule has 0 spiro atoms. The van der Waals surface area contributed by atoms with Crippen LogP contribution in [-0.4, -0.2) is 36.1 Å². The highest BCUT2D eigenvalue weighted by molar-refractivity contribution is 5.84. The predicted octanol–water partition coefficient (Wildman–Crippen LogP) is 3.82. The smallest absolute Gasteiger partial charge is 0.328 e. The molecule has 146 valence electrons. The van der Waals surface area contributed by atoms with Gasteiger partial charge in [0.25, 0.3) is 0 Å². The average molecular weight is 357 g/mol. The third-order valence-electron chi connectivity index (χ3n) is 4.23. The van der Waals surface area contributed by atoms with E-state index in [0.29, 0.717) is 6.42 Å². The number of nitrogens with one attached hydrogen (secondary N) is 1. The molecule has 0 aromatic heterocycles. The van der Waals surface area contributed by atoms with E-state index in [1.807, 2.05) is 0 Å². The second-order valence-corrected chi connectivity index (χ2v) is 6.51. The Bertz CT molecular complexity index is 384. The number of carbonyl (C=O) groups is 3. The summed E-state index contributed by atoms with van der Waals surface area (Å²) in [4.78, 5) is 34.1. The van der Waals surface area contributed by atoms with E-state index in [0.717, 1.165) is 19.3 Å². The van der Waals surface area contributed by atoms with Gasteiger partial charge in [-0.1, -0.05) is 64.7 Å². The summed E-state index contributed by atoms with van der Waals surface area (Å²) in [6.07, 6.45) is 12.2. The van der Waals surface area contributed by atoms with Crippen molar-refractivity contribution < 1.29 is 24.2 Å². The summed E-state index contributed by atoms with van der Waals surface area (Å²) in [6, 6.07) is -0.878. The Balaban J connectivity index is 3.75. The summed E-state index contributed by atoms with van der Waals surface area (Å²) in [5.74, 6) is -1.82. The number of unbranched alkanes of at least 4 members (excludes halogenated alkanes) is 9. The molecule has 1 atom stereocenters. The Kier molecular flexibility index (Phi) is 14.9. The lowest BCUT2D eigenvalue weighted by Gasteiger charge is -2.15. The number of hydrogen-bond donors (Lipinski definition) is 2. The summed E-state index contributed by atoms with van der Waals surface area (Å²) >= 11 is 0. The number of carboxylic acid groups (broad SMARTS) is 1. The number of carbonyl (C=O) groups excluding carboxylic acids is 2. The van der Waals surface area contributed by atoms with Gasteiger partial charge in [0.15, 0.2) is 0 Å². The summed E-state index contributed by atoms with van der Waals surface area (Å²) in [6.45, 7) is 2.22. The van der Waals surface area contributed by atoms with Crippen LogP contribution in [0.5, 0.6) is 0 Å². The molecule has 0 radical (unpaired) electrons. The van der Waals surface area contributed by atoms with Gasteiger partial charge in [0.05, 0.1) is 7.11 Å². The highest BCUT2D eigenvalue weighted by atomic mass is 16.5. The molecule has 0 saturated carbocycles. The van der Waals surface area contributed by atoms with Gasteiger partial charge in [0, 0.05) is 12.8 Å². The molecule has 25 heavy (non-hydrogen) atoms. The zero-order chi connectivity index (χ0) is 18.9. The SMILES string of the molecule is CCCCCCCCCCCCC(=O)N[C@@H](CCC(=O)O)C(=O)OC. The molecule has 1 amide bonds. The van der Waals surface area contributed by atoms with Crippen LogP contribution in [-0.2, 0) is 19.1 Å². The van der Waals surface area contributed by atoms with Crippen LogP contribution in [0.1, 0.15) is 90.4 Å². The van der Waals surface area contributed by atoms with Crippen LogP contribution in [0.25, 0.3) is 0 Å². The number of carboxylic acids is 1. The molecule has 0 rings (SSSR count). The van der Waals surface area contributed by atoms with Crippen molar-refractivity contribution in [3.05, 3.63) is 0 Å². The van der Waals surface area contributed by atoms with Gasteiger partial charge in [0.2, 0.25) is 5.91 Å². The van der Waals surface area contributed by atoms with Crippen LogP contribution < -0.4 is 5.32 Å². The molecular weight excluding hydrogens is 322 g/mol. The molecule has 6 nitrogen and oxygen atoms in total. The van der Waals surface area contributed by atoms with Gasteiger partial charge in [-0.15, -0.1) is 0 Å². The fourth-order valence-corrected chi connectivity index (χ4v) is 2.70. The Hall–Kier alpha value is -1.59. The van der Waals surface area contributed by atoms with E-state index in [2.05, 4.69) is 17.0 Å². The van der Waals surface area contributed by atoms with Crippen molar-refractivity contribution in [3.63, 3.8) is 0 Å². The maximum Gasteiger partial charge on any atom is 0.328 e. The normalized spacial score (nSPS) is 11.8. The van der Waals surface area contributed by atoms with Gasteiger partial charge in [-0.05, 0) is 12.8 Å². The first kappa shape index (κ1) is 23.4. The van der Waals surface area contributed by atoms with Crippen molar-refractivity contribution in [1.29, 1.82) is 0 Å². The Morgan fingerprint density at radius 1 is 0.880 bits per heavy atom.